The minimum absolute atomic E-state index is 0.236. The molecule has 1 N–H and O–H groups in total. The first-order valence-corrected chi connectivity index (χ1v) is 7.60. The van der Waals surface area contributed by atoms with Crippen LogP contribution in [0.5, 0.6) is 0 Å². The summed E-state index contributed by atoms with van der Waals surface area (Å²) in [5.41, 5.74) is 1.46. The Labute approximate surface area is 119 Å². The van der Waals surface area contributed by atoms with Crippen LogP contribution in [0.15, 0.2) is 47.5 Å². The van der Waals surface area contributed by atoms with Crippen LogP contribution in [0.4, 0.5) is 11.5 Å². The molecule has 0 atom stereocenters. The highest BCUT2D eigenvalue weighted by Crippen LogP contribution is 2.17. The molecule has 0 saturated heterocycles. The third kappa shape index (κ3) is 3.27. The Balaban J connectivity index is 2.22. The number of anilines is 2. The summed E-state index contributed by atoms with van der Waals surface area (Å²) in [6.45, 7) is 1.91. The molecule has 0 aliphatic rings. The van der Waals surface area contributed by atoms with Gasteiger partial charge < -0.3 is 4.90 Å². The molecule has 0 bridgehead atoms. The van der Waals surface area contributed by atoms with Crippen LogP contribution in [0.2, 0.25) is 0 Å². The summed E-state index contributed by atoms with van der Waals surface area (Å²) in [5.74, 6) is 0.767. The molecule has 0 unspecified atom stereocenters. The number of aromatic nitrogens is 1. The topological polar surface area (TPSA) is 62.3 Å². The maximum Gasteiger partial charge on any atom is 0.261 e. The van der Waals surface area contributed by atoms with Gasteiger partial charge >= 0.3 is 0 Å². The molecule has 5 nitrogen and oxygen atoms in total. The van der Waals surface area contributed by atoms with Crippen molar-refractivity contribution in [2.75, 3.05) is 23.7 Å². The standard InChI is InChI=1S/C14H17N3O2S/c1-11-4-7-13(8-5-11)20(18,19)16-12-6-9-14(15-10-12)17(2)3/h4-10,16H,1-3H3. The molecule has 0 spiro atoms. The van der Waals surface area contributed by atoms with Crippen molar-refractivity contribution < 1.29 is 8.42 Å². The van der Waals surface area contributed by atoms with E-state index in [1.165, 1.54) is 6.20 Å². The molecule has 0 fully saturated rings. The smallest absolute Gasteiger partial charge is 0.261 e. The van der Waals surface area contributed by atoms with Crippen LogP contribution < -0.4 is 9.62 Å². The highest BCUT2D eigenvalue weighted by molar-refractivity contribution is 7.92. The van der Waals surface area contributed by atoms with E-state index < -0.39 is 10.0 Å². The van der Waals surface area contributed by atoms with Gasteiger partial charge in [-0.1, -0.05) is 17.7 Å². The molecule has 0 amide bonds. The SMILES string of the molecule is Cc1ccc(S(=O)(=O)Nc2ccc(N(C)C)nc2)cc1. The molecule has 0 saturated carbocycles. The van der Waals surface area contributed by atoms with Gasteiger partial charge in [0.1, 0.15) is 5.82 Å². The fourth-order valence-electron chi connectivity index (χ4n) is 1.64. The van der Waals surface area contributed by atoms with E-state index in [9.17, 15) is 8.42 Å². The van der Waals surface area contributed by atoms with E-state index in [1.54, 1.807) is 36.4 Å². The Morgan fingerprint density at radius 1 is 1.05 bits per heavy atom. The van der Waals surface area contributed by atoms with Crippen molar-refractivity contribution in [3.05, 3.63) is 48.2 Å². The second-order valence-corrected chi connectivity index (χ2v) is 6.40. The quantitative estimate of drug-likeness (QED) is 0.938. The third-order valence-electron chi connectivity index (χ3n) is 2.79. The normalized spacial score (nSPS) is 11.2. The summed E-state index contributed by atoms with van der Waals surface area (Å²) < 4.78 is 26.9. The van der Waals surface area contributed by atoms with E-state index in [1.807, 2.05) is 25.9 Å². The fraction of sp³-hybridized carbons (Fsp3) is 0.214. The predicted molar refractivity (Wildman–Crippen MR) is 80.6 cm³/mol. The van der Waals surface area contributed by atoms with Crippen LogP contribution in [-0.4, -0.2) is 27.5 Å². The maximum atomic E-state index is 12.2. The fourth-order valence-corrected chi connectivity index (χ4v) is 2.69. The summed E-state index contributed by atoms with van der Waals surface area (Å²) in [6.07, 6.45) is 1.50. The number of sulfonamides is 1. The van der Waals surface area contributed by atoms with E-state index in [4.69, 9.17) is 0 Å². The Hall–Kier alpha value is -2.08. The average molecular weight is 291 g/mol. The number of nitrogens with one attached hydrogen (secondary N) is 1. The van der Waals surface area contributed by atoms with Gasteiger partial charge in [0.15, 0.2) is 0 Å². The molecule has 2 aromatic rings. The summed E-state index contributed by atoms with van der Waals surface area (Å²) in [5, 5.41) is 0. The number of aryl methyl sites for hydroxylation is 1. The van der Waals surface area contributed by atoms with Gasteiger partial charge in [0.25, 0.3) is 10.0 Å². The highest BCUT2D eigenvalue weighted by Gasteiger charge is 2.13. The summed E-state index contributed by atoms with van der Waals surface area (Å²) in [4.78, 5) is 6.25. The van der Waals surface area contributed by atoms with E-state index >= 15 is 0 Å². The number of hydrogen-bond donors (Lipinski definition) is 1. The monoisotopic (exact) mass is 291 g/mol. The Morgan fingerprint density at radius 2 is 1.70 bits per heavy atom. The highest BCUT2D eigenvalue weighted by atomic mass is 32.2. The zero-order chi connectivity index (χ0) is 14.8. The van der Waals surface area contributed by atoms with Crippen LogP contribution in [0.1, 0.15) is 5.56 Å². The first-order chi connectivity index (χ1) is 9.38. The number of rotatable bonds is 4. The van der Waals surface area contributed by atoms with Crippen LogP contribution >= 0.6 is 0 Å². The minimum atomic E-state index is -3.57. The minimum Gasteiger partial charge on any atom is -0.363 e. The van der Waals surface area contributed by atoms with Gasteiger partial charge in [0.2, 0.25) is 0 Å². The number of hydrogen-bond acceptors (Lipinski definition) is 4. The molecule has 6 heteroatoms. The van der Waals surface area contributed by atoms with E-state index in [-0.39, 0.29) is 4.90 Å². The molecule has 106 valence electrons. The Bertz CT molecular complexity index is 677. The lowest BCUT2D eigenvalue weighted by atomic mass is 10.2. The zero-order valence-corrected chi connectivity index (χ0v) is 12.5. The van der Waals surface area contributed by atoms with Crippen LogP contribution in [-0.2, 0) is 10.0 Å². The van der Waals surface area contributed by atoms with Gasteiger partial charge in [-0.25, -0.2) is 13.4 Å². The van der Waals surface area contributed by atoms with Crippen LogP contribution in [0.25, 0.3) is 0 Å². The van der Waals surface area contributed by atoms with Crippen molar-refractivity contribution in [2.45, 2.75) is 11.8 Å². The van der Waals surface area contributed by atoms with Crippen molar-refractivity contribution >= 4 is 21.5 Å². The molecule has 0 radical (unpaired) electrons. The van der Waals surface area contributed by atoms with Crippen LogP contribution in [0, 0.1) is 6.92 Å². The van der Waals surface area contributed by atoms with Crippen molar-refractivity contribution in [1.29, 1.82) is 0 Å². The van der Waals surface area contributed by atoms with Crippen molar-refractivity contribution in [3.63, 3.8) is 0 Å². The van der Waals surface area contributed by atoms with Gasteiger partial charge in [-0.05, 0) is 31.2 Å². The van der Waals surface area contributed by atoms with E-state index in [0.717, 1.165) is 11.4 Å². The molecule has 1 heterocycles. The van der Waals surface area contributed by atoms with Crippen molar-refractivity contribution in [3.8, 4) is 0 Å². The van der Waals surface area contributed by atoms with E-state index in [2.05, 4.69) is 9.71 Å². The number of pyridine rings is 1. The lowest BCUT2D eigenvalue weighted by Gasteiger charge is -2.12. The molecule has 2 rings (SSSR count). The lowest BCUT2D eigenvalue weighted by Crippen LogP contribution is -2.14. The zero-order valence-electron chi connectivity index (χ0n) is 11.7. The molecular formula is C14H17N3O2S. The maximum absolute atomic E-state index is 12.2. The van der Waals surface area contributed by atoms with Gasteiger partial charge in [-0.3, -0.25) is 4.72 Å². The number of benzene rings is 1. The Kier molecular flexibility index (Phi) is 3.94. The van der Waals surface area contributed by atoms with Gasteiger partial charge in [-0.15, -0.1) is 0 Å². The summed E-state index contributed by atoms with van der Waals surface area (Å²) in [7, 11) is 0.180. The molecule has 0 aliphatic heterocycles. The molecule has 0 aliphatic carbocycles. The van der Waals surface area contributed by atoms with Crippen LogP contribution in [0.3, 0.4) is 0 Å². The number of nitrogens with zero attached hydrogens (tertiary/aromatic N) is 2. The average Bonchev–Trinajstić information content (AvgIpc) is 2.39. The lowest BCUT2D eigenvalue weighted by molar-refractivity contribution is 0.601. The first kappa shape index (κ1) is 14.3. The molecule has 1 aromatic heterocycles. The largest absolute Gasteiger partial charge is 0.363 e. The van der Waals surface area contributed by atoms with Crippen molar-refractivity contribution in [1.82, 2.24) is 4.98 Å². The molecule has 1 aromatic carbocycles. The van der Waals surface area contributed by atoms with Gasteiger partial charge in [-0.2, -0.15) is 0 Å². The van der Waals surface area contributed by atoms with Gasteiger partial charge in [0, 0.05) is 14.1 Å². The third-order valence-corrected chi connectivity index (χ3v) is 4.19. The van der Waals surface area contributed by atoms with Crippen molar-refractivity contribution in [2.24, 2.45) is 0 Å². The molecular weight excluding hydrogens is 274 g/mol. The van der Waals surface area contributed by atoms with Gasteiger partial charge in [0.05, 0.1) is 16.8 Å². The molecule has 20 heavy (non-hydrogen) atoms. The predicted octanol–water partition coefficient (Wildman–Crippen LogP) is 2.26. The first-order valence-electron chi connectivity index (χ1n) is 6.11. The summed E-state index contributed by atoms with van der Waals surface area (Å²) >= 11 is 0. The van der Waals surface area contributed by atoms with E-state index in [0.29, 0.717) is 5.69 Å². The second kappa shape index (κ2) is 5.50. The summed E-state index contributed by atoms with van der Waals surface area (Å²) in [6, 6.07) is 10.1. The Morgan fingerprint density at radius 3 is 2.20 bits per heavy atom. The second-order valence-electron chi connectivity index (χ2n) is 4.72.